The Morgan fingerprint density at radius 1 is 0.955 bits per heavy atom. The van der Waals surface area contributed by atoms with Crippen molar-refractivity contribution in [2.45, 2.75) is 65.9 Å². The molecule has 6 nitrogen and oxygen atoms in total. The number of carbonyl (C=O) groups is 1. The van der Waals surface area contributed by atoms with Crippen LogP contribution < -0.4 is 5.32 Å². The lowest BCUT2D eigenvalue weighted by Crippen LogP contribution is -2.34. The van der Waals surface area contributed by atoms with Gasteiger partial charge in [-0.25, -0.2) is 4.79 Å². The molecule has 1 amide bonds. The molecule has 0 aliphatic rings. The summed E-state index contributed by atoms with van der Waals surface area (Å²) in [5.74, 6) is 0. The van der Waals surface area contributed by atoms with Gasteiger partial charge in [-0.05, 0) is 33.6 Å². The third-order valence-corrected chi connectivity index (χ3v) is 3.54. The van der Waals surface area contributed by atoms with Gasteiger partial charge >= 0.3 is 14.7 Å². The van der Waals surface area contributed by atoms with Gasteiger partial charge < -0.3 is 23.6 Å². The van der Waals surface area contributed by atoms with Gasteiger partial charge in [0.05, 0.1) is 19.8 Å². The molecule has 0 unspecified atom stereocenters. The Morgan fingerprint density at radius 2 is 1.45 bits per heavy atom. The lowest BCUT2D eigenvalue weighted by atomic mass is 10.2. The smallest absolute Gasteiger partial charge is 0.407 e. The highest BCUT2D eigenvalue weighted by atomic mass is 31.2. The van der Waals surface area contributed by atoms with E-state index in [0.717, 1.165) is 25.7 Å². The van der Waals surface area contributed by atoms with E-state index in [9.17, 15) is 4.79 Å². The highest BCUT2D eigenvalue weighted by Gasteiger charge is 2.16. The molecule has 0 bridgehead atoms. The molecular formula is C15H32NO5P. The van der Waals surface area contributed by atoms with Crippen molar-refractivity contribution in [3.63, 3.8) is 0 Å². The molecule has 22 heavy (non-hydrogen) atoms. The van der Waals surface area contributed by atoms with Gasteiger partial charge in [0.25, 0.3) is 0 Å². The van der Waals surface area contributed by atoms with Crippen LogP contribution in [-0.2, 0) is 18.3 Å². The van der Waals surface area contributed by atoms with E-state index in [4.69, 9.17) is 18.3 Å². The van der Waals surface area contributed by atoms with Gasteiger partial charge in [0.15, 0.2) is 0 Å². The summed E-state index contributed by atoms with van der Waals surface area (Å²) < 4.78 is 21.9. The fraction of sp³-hybridized carbons (Fsp3) is 0.933. The molecule has 0 aromatic heterocycles. The summed E-state index contributed by atoms with van der Waals surface area (Å²) in [4.78, 5) is 11.5. The van der Waals surface area contributed by atoms with Crippen molar-refractivity contribution in [1.82, 2.24) is 5.32 Å². The fourth-order valence-corrected chi connectivity index (χ4v) is 2.29. The SMILES string of the molecule is CCCCOP(OCCCC)OCCNC(=O)OC(C)(C)C. The summed E-state index contributed by atoms with van der Waals surface area (Å²) in [7, 11) is -1.33. The molecule has 0 rings (SSSR count). The number of nitrogens with one attached hydrogen (secondary N) is 1. The average Bonchev–Trinajstić information content (AvgIpc) is 2.41. The predicted octanol–water partition coefficient (Wildman–Crippen LogP) is 4.39. The highest BCUT2D eigenvalue weighted by Crippen LogP contribution is 2.39. The van der Waals surface area contributed by atoms with Crippen molar-refractivity contribution in [2.24, 2.45) is 0 Å². The third kappa shape index (κ3) is 14.5. The molecule has 0 fully saturated rings. The molecule has 0 heterocycles. The maximum Gasteiger partial charge on any atom is 0.407 e. The zero-order chi connectivity index (χ0) is 16.8. The van der Waals surface area contributed by atoms with Crippen LogP contribution in [0, 0.1) is 0 Å². The van der Waals surface area contributed by atoms with Crippen LogP contribution in [0.3, 0.4) is 0 Å². The van der Waals surface area contributed by atoms with Gasteiger partial charge in [0.1, 0.15) is 5.60 Å². The number of amides is 1. The van der Waals surface area contributed by atoms with Gasteiger partial charge in [-0.2, -0.15) is 0 Å². The number of ether oxygens (including phenoxy) is 1. The molecule has 132 valence electrons. The van der Waals surface area contributed by atoms with Gasteiger partial charge in [-0.1, -0.05) is 26.7 Å². The largest absolute Gasteiger partial charge is 0.444 e. The fourth-order valence-electron chi connectivity index (χ4n) is 1.27. The molecule has 0 spiro atoms. The maximum absolute atomic E-state index is 11.5. The van der Waals surface area contributed by atoms with Crippen LogP contribution in [0.4, 0.5) is 4.79 Å². The number of alkyl carbamates (subject to hydrolysis) is 1. The number of unbranched alkanes of at least 4 members (excludes halogenated alkanes) is 2. The van der Waals surface area contributed by atoms with Crippen LogP contribution in [-0.4, -0.2) is 38.1 Å². The molecule has 1 N–H and O–H groups in total. The monoisotopic (exact) mass is 337 g/mol. The first-order chi connectivity index (χ1) is 10.4. The van der Waals surface area contributed by atoms with Gasteiger partial charge in [-0.15, -0.1) is 0 Å². The van der Waals surface area contributed by atoms with Crippen molar-refractivity contribution in [1.29, 1.82) is 0 Å². The highest BCUT2D eigenvalue weighted by molar-refractivity contribution is 7.41. The van der Waals surface area contributed by atoms with Crippen molar-refractivity contribution >= 4 is 14.7 Å². The summed E-state index contributed by atoms with van der Waals surface area (Å²) in [5.41, 5.74) is -0.496. The standard InChI is InChI=1S/C15H32NO5P/c1-6-8-11-18-22(19-12-9-7-2)20-13-10-16-14(17)21-15(3,4)5/h6-13H2,1-5H3,(H,16,17). The van der Waals surface area contributed by atoms with Crippen molar-refractivity contribution in [3.05, 3.63) is 0 Å². The number of rotatable bonds is 12. The minimum atomic E-state index is -1.33. The van der Waals surface area contributed by atoms with E-state index >= 15 is 0 Å². The van der Waals surface area contributed by atoms with Crippen molar-refractivity contribution in [2.75, 3.05) is 26.4 Å². The Bertz CT molecular complexity index is 274. The van der Waals surface area contributed by atoms with Crippen molar-refractivity contribution in [3.8, 4) is 0 Å². The summed E-state index contributed by atoms with van der Waals surface area (Å²) in [6, 6.07) is 0. The zero-order valence-electron chi connectivity index (χ0n) is 14.6. The number of hydrogen-bond donors (Lipinski definition) is 1. The molecule has 0 atom stereocenters. The first kappa shape index (κ1) is 21.6. The minimum Gasteiger partial charge on any atom is -0.444 e. The normalized spacial score (nSPS) is 11.7. The Hall–Kier alpha value is -0.420. The second kappa shape index (κ2) is 13.1. The van der Waals surface area contributed by atoms with Gasteiger partial charge in [-0.3, -0.25) is 0 Å². The molecular weight excluding hydrogens is 305 g/mol. The third-order valence-electron chi connectivity index (χ3n) is 2.36. The second-order valence-electron chi connectivity index (χ2n) is 5.86. The van der Waals surface area contributed by atoms with E-state index in [2.05, 4.69) is 19.2 Å². The van der Waals surface area contributed by atoms with Gasteiger partial charge in [0, 0.05) is 6.54 Å². The van der Waals surface area contributed by atoms with Crippen LogP contribution in [0.1, 0.15) is 60.3 Å². The first-order valence-electron chi connectivity index (χ1n) is 8.04. The molecule has 0 saturated carbocycles. The summed E-state index contributed by atoms with van der Waals surface area (Å²) in [5, 5.41) is 2.64. The number of carbonyl (C=O) groups excluding carboxylic acids is 1. The van der Waals surface area contributed by atoms with Crippen LogP contribution in [0.2, 0.25) is 0 Å². The van der Waals surface area contributed by atoms with E-state index in [-0.39, 0.29) is 0 Å². The Morgan fingerprint density at radius 3 is 1.91 bits per heavy atom. The van der Waals surface area contributed by atoms with Crippen LogP contribution in [0.15, 0.2) is 0 Å². The number of hydrogen-bond acceptors (Lipinski definition) is 5. The van der Waals surface area contributed by atoms with Crippen LogP contribution in [0.25, 0.3) is 0 Å². The first-order valence-corrected chi connectivity index (χ1v) is 9.14. The summed E-state index contributed by atoms with van der Waals surface area (Å²) in [6.07, 6.45) is 3.65. The predicted molar refractivity (Wildman–Crippen MR) is 88.8 cm³/mol. The summed E-state index contributed by atoms with van der Waals surface area (Å²) >= 11 is 0. The lowest BCUT2D eigenvalue weighted by Gasteiger charge is -2.20. The molecule has 0 aromatic rings. The van der Waals surface area contributed by atoms with E-state index in [1.165, 1.54) is 0 Å². The van der Waals surface area contributed by atoms with E-state index in [1.807, 2.05) is 20.8 Å². The lowest BCUT2D eigenvalue weighted by molar-refractivity contribution is 0.0515. The Labute approximate surface area is 136 Å². The molecule has 0 aliphatic heterocycles. The van der Waals surface area contributed by atoms with E-state index in [0.29, 0.717) is 26.4 Å². The molecule has 0 radical (unpaired) electrons. The molecule has 0 aliphatic carbocycles. The van der Waals surface area contributed by atoms with Crippen molar-refractivity contribution < 1.29 is 23.1 Å². The molecule has 7 heteroatoms. The summed E-state index contributed by atoms with van der Waals surface area (Å²) in [6.45, 7) is 11.7. The van der Waals surface area contributed by atoms with Crippen LogP contribution >= 0.6 is 8.60 Å². The van der Waals surface area contributed by atoms with Crippen LogP contribution in [0.5, 0.6) is 0 Å². The molecule has 0 aromatic carbocycles. The quantitative estimate of drug-likeness (QED) is 0.423. The average molecular weight is 337 g/mol. The maximum atomic E-state index is 11.5. The zero-order valence-corrected chi connectivity index (χ0v) is 15.5. The topological polar surface area (TPSA) is 66.0 Å². The molecule has 0 saturated heterocycles. The minimum absolute atomic E-state index is 0.337. The van der Waals surface area contributed by atoms with E-state index in [1.54, 1.807) is 0 Å². The van der Waals surface area contributed by atoms with Gasteiger partial charge in [0.2, 0.25) is 0 Å². The Balaban J connectivity index is 3.87. The second-order valence-corrected chi connectivity index (χ2v) is 7.08. The Kier molecular flexibility index (Phi) is 12.8. The van der Waals surface area contributed by atoms with E-state index < -0.39 is 20.3 Å².